The summed E-state index contributed by atoms with van der Waals surface area (Å²) < 4.78 is 0. The van der Waals surface area contributed by atoms with Crippen LogP contribution in [-0.2, 0) is 0 Å². The molecular formula is C13H20N2. The van der Waals surface area contributed by atoms with Crippen LogP contribution in [0, 0.1) is 12.8 Å². The Hall–Kier alpha value is -0.860. The van der Waals surface area contributed by atoms with E-state index in [1.54, 1.807) is 0 Å². The first-order valence-corrected chi connectivity index (χ1v) is 5.66. The molecule has 0 saturated carbocycles. The fraction of sp³-hybridized carbons (Fsp3) is 0.538. The van der Waals surface area contributed by atoms with Crippen LogP contribution in [0.4, 0.5) is 0 Å². The quantitative estimate of drug-likeness (QED) is 0.810. The lowest BCUT2D eigenvalue weighted by Crippen LogP contribution is -2.48. The maximum Gasteiger partial charge on any atom is 0.00253 e. The molecule has 1 aliphatic rings. The fourth-order valence-corrected chi connectivity index (χ4v) is 2.50. The molecule has 0 aromatic heterocycles. The van der Waals surface area contributed by atoms with Crippen LogP contribution in [0.25, 0.3) is 0 Å². The Morgan fingerprint density at radius 3 is 2.73 bits per heavy atom. The molecule has 82 valence electrons. The average Bonchev–Trinajstić information content (AvgIpc) is 2.16. The van der Waals surface area contributed by atoms with Gasteiger partial charge in [-0.25, -0.2) is 0 Å². The molecule has 2 nitrogen and oxygen atoms in total. The maximum atomic E-state index is 5.89. The van der Waals surface area contributed by atoms with E-state index in [1.807, 2.05) is 0 Å². The van der Waals surface area contributed by atoms with Crippen molar-refractivity contribution in [1.82, 2.24) is 4.90 Å². The first-order chi connectivity index (χ1) is 7.20. The Balaban J connectivity index is 2.12. The highest BCUT2D eigenvalue weighted by molar-refractivity contribution is 5.27. The van der Waals surface area contributed by atoms with Crippen LogP contribution in [0.5, 0.6) is 0 Å². The van der Waals surface area contributed by atoms with Crippen molar-refractivity contribution in [3.63, 3.8) is 0 Å². The molecule has 0 spiro atoms. The molecule has 1 aromatic rings. The van der Waals surface area contributed by atoms with Crippen molar-refractivity contribution in [3.8, 4) is 0 Å². The standard InChI is InChI=1S/C13H20N2/c1-10-4-3-5-11(6-10)13(7-14)12-8-15(2)9-12/h3-6,12-13H,7-9,14H2,1-2H3. The van der Waals surface area contributed by atoms with Gasteiger partial charge in [0.25, 0.3) is 0 Å². The van der Waals surface area contributed by atoms with Crippen LogP contribution in [0.3, 0.4) is 0 Å². The second kappa shape index (κ2) is 4.33. The molecule has 1 saturated heterocycles. The first kappa shape index (κ1) is 10.7. The van der Waals surface area contributed by atoms with Gasteiger partial charge in [-0.05, 0) is 32.0 Å². The highest BCUT2D eigenvalue weighted by Gasteiger charge is 2.31. The minimum absolute atomic E-state index is 0.543. The van der Waals surface area contributed by atoms with E-state index in [2.05, 4.69) is 43.1 Å². The van der Waals surface area contributed by atoms with Gasteiger partial charge in [-0.2, -0.15) is 0 Å². The number of rotatable bonds is 3. The lowest BCUT2D eigenvalue weighted by Gasteiger charge is -2.41. The van der Waals surface area contributed by atoms with E-state index >= 15 is 0 Å². The highest BCUT2D eigenvalue weighted by Crippen LogP contribution is 2.30. The van der Waals surface area contributed by atoms with E-state index in [1.165, 1.54) is 24.2 Å². The zero-order valence-electron chi connectivity index (χ0n) is 9.61. The molecule has 15 heavy (non-hydrogen) atoms. The van der Waals surface area contributed by atoms with Gasteiger partial charge in [0, 0.05) is 19.0 Å². The summed E-state index contributed by atoms with van der Waals surface area (Å²) in [7, 11) is 2.17. The van der Waals surface area contributed by atoms with Crippen molar-refractivity contribution in [3.05, 3.63) is 35.4 Å². The van der Waals surface area contributed by atoms with Crippen LogP contribution >= 0.6 is 0 Å². The summed E-state index contributed by atoms with van der Waals surface area (Å²) in [6, 6.07) is 8.76. The molecule has 1 unspecified atom stereocenters. The Morgan fingerprint density at radius 1 is 1.47 bits per heavy atom. The molecule has 1 fully saturated rings. The van der Waals surface area contributed by atoms with Gasteiger partial charge in [-0.15, -0.1) is 0 Å². The van der Waals surface area contributed by atoms with Gasteiger partial charge in [0.1, 0.15) is 0 Å². The van der Waals surface area contributed by atoms with Gasteiger partial charge in [-0.1, -0.05) is 29.8 Å². The van der Waals surface area contributed by atoms with Crippen LogP contribution in [0.15, 0.2) is 24.3 Å². The van der Waals surface area contributed by atoms with E-state index in [4.69, 9.17) is 5.73 Å². The van der Waals surface area contributed by atoms with Crippen molar-refractivity contribution in [2.24, 2.45) is 11.7 Å². The minimum Gasteiger partial charge on any atom is -0.330 e. The third-order valence-electron chi connectivity index (χ3n) is 3.39. The zero-order chi connectivity index (χ0) is 10.8. The normalized spacial score (nSPS) is 19.9. The fourth-order valence-electron chi connectivity index (χ4n) is 2.50. The van der Waals surface area contributed by atoms with Crippen molar-refractivity contribution in [2.45, 2.75) is 12.8 Å². The molecular weight excluding hydrogens is 184 g/mol. The summed E-state index contributed by atoms with van der Waals surface area (Å²) in [6.07, 6.45) is 0. The number of hydrogen-bond donors (Lipinski definition) is 1. The number of likely N-dealkylation sites (tertiary alicyclic amines) is 1. The van der Waals surface area contributed by atoms with Crippen molar-refractivity contribution in [1.29, 1.82) is 0 Å². The second-order valence-electron chi connectivity index (χ2n) is 4.74. The van der Waals surface area contributed by atoms with Gasteiger partial charge in [-0.3, -0.25) is 0 Å². The summed E-state index contributed by atoms with van der Waals surface area (Å²) in [5, 5.41) is 0. The molecule has 0 aliphatic carbocycles. The van der Waals surface area contributed by atoms with Crippen molar-refractivity contribution in [2.75, 3.05) is 26.7 Å². The molecule has 2 rings (SSSR count). The Bertz CT molecular complexity index is 329. The van der Waals surface area contributed by atoms with Gasteiger partial charge >= 0.3 is 0 Å². The summed E-state index contributed by atoms with van der Waals surface area (Å²) in [6.45, 7) is 5.29. The SMILES string of the molecule is Cc1cccc(C(CN)C2CN(C)C2)c1. The zero-order valence-corrected chi connectivity index (χ0v) is 9.61. The Morgan fingerprint density at radius 2 is 2.20 bits per heavy atom. The van der Waals surface area contributed by atoms with Crippen LogP contribution in [0.1, 0.15) is 17.0 Å². The molecule has 2 N–H and O–H groups in total. The Kier molecular flexibility index (Phi) is 3.08. The largest absolute Gasteiger partial charge is 0.330 e. The highest BCUT2D eigenvalue weighted by atomic mass is 15.2. The third kappa shape index (κ3) is 2.21. The molecule has 2 heteroatoms. The second-order valence-corrected chi connectivity index (χ2v) is 4.74. The lowest BCUT2D eigenvalue weighted by molar-refractivity contribution is 0.112. The smallest absolute Gasteiger partial charge is 0.00253 e. The van der Waals surface area contributed by atoms with Crippen molar-refractivity contribution < 1.29 is 0 Å². The van der Waals surface area contributed by atoms with E-state index in [0.717, 1.165) is 12.5 Å². The third-order valence-corrected chi connectivity index (χ3v) is 3.39. The number of nitrogens with zero attached hydrogens (tertiary/aromatic N) is 1. The van der Waals surface area contributed by atoms with Gasteiger partial charge in [0.2, 0.25) is 0 Å². The molecule has 0 amide bonds. The average molecular weight is 204 g/mol. The first-order valence-electron chi connectivity index (χ1n) is 5.66. The van der Waals surface area contributed by atoms with Gasteiger partial charge in [0.05, 0.1) is 0 Å². The molecule has 1 aromatic carbocycles. The maximum absolute atomic E-state index is 5.89. The summed E-state index contributed by atoms with van der Waals surface area (Å²) in [4.78, 5) is 2.35. The van der Waals surface area contributed by atoms with E-state index in [-0.39, 0.29) is 0 Å². The molecule has 1 aliphatic heterocycles. The summed E-state index contributed by atoms with van der Waals surface area (Å²) in [5.74, 6) is 1.29. The minimum atomic E-state index is 0.543. The van der Waals surface area contributed by atoms with Crippen LogP contribution in [0.2, 0.25) is 0 Å². The summed E-state index contributed by atoms with van der Waals surface area (Å²) >= 11 is 0. The monoisotopic (exact) mass is 204 g/mol. The van der Waals surface area contributed by atoms with Crippen LogP contribution in [-0.4, -0.2) is 31.6 Å². The van der Waals surface area contributed by atoms with Gasteiger partial charge in [0.15, 0.2) is 0 Å². The number of hydrogen-bond acceptors (Lipinski definition) is 2. The topological polar surface area (TPSA) is 29.3 Å². The predicted octanol–water partition coefficient (Wildman–Crippen LogP) is 1.60. The number of nitrogens with two attached hydrogens (primary N) is 1. The predicted molar refractivity (Wildman–Crippen MR) is 64.0 cm³/mol. The van der Waals surface area contributed by atoms with Crippen molar-refractivity contribution >= 4 is 0 Å². The lowest BCUT2D eigenvalue weighted by atomic mass is 9.81. The molecule has 0 radical (unpaired) electrons. The Labute approximate surface area is 92.1 Å². The molecule has 1 atom stereocenters. The van der Waals surface area contributed by atoms with E-state index < -0.39 is 0 Å². The van der Waals surface area contributed by atoms with Gasteiger partial charge < -0.3 is 10.6 Å². The van der Waals surface area contributed by atoms with E-state index in [0.29, 0.717) is 5.92 Å². The molecule has 0 bridgehead atoms. The number of benzene rings is 1. The summed E-state index contributed by atoms with van der Waals surface area (Å²) in [5.41, 5.74) is 8.64. The number of aryl methyl sites for hydroxylation is 1. The molecule has 1 heterocycles. The van der Waals surface area contributed by atoms with E-state index in [9.17, 15) is 0 Å². The van der Waals surface area contributed by atoms with Crippen LogP contribution < -0.4 is 5.73 Å².